The van der Waals surface area contributed by atoms with Crippen molar-refractivity contribution in [1.29, 1.82) is 0 Å². The van der Waals surface area contributed by atoms with Gasteiger partial charge >= 0.3 is 0 Å². The quantitative estimate of drug-likeness (QED) is 0.685. The summed E-state index contributed by atoms with van der Waals surface area (Å²) in [6.45, 7) is 1.99. The topological polar surface area (TPSA) is 41.1 Å². The number of nitrogens with one attached hydrogen (secondary N) is 2. The molecule has 68 valence electrons. The van der Waals surface area contributed by atoms with Crippen LogP contribution in [0.1, 0.15) is 13.3 Å². The van der Waals surface area contributed by atoms with Crippen molar-refractivity contribution in [3.8, 4) is 0 Å². The van der Waals surface area contributed by atoms with E-state index in [4.69, 9.17) is 0 Å². The molecule has 1 atom stereocenters. The third-order valence-electron chi connectivity index (χ3n) is 2.24. The van der Waals surface area contributed by atoms with E-state index in [0.29, 0.717) is 0 Å². The van der Waals surface area contributed by atoms with Crippen LogP contribution in [0.4, 0.5) is 11.4 Å². The first-order valence-corrected chi connectivity index (χ1v) is 4.47. The van der Waals surface area contributed by atoms with Crippen molar-refractivity contribution in [2.45, 2.75) is 19.4 Å². The van der Waals surface area contributed by atoms with E-state index >= 15 is 0 Å². The van der Waals surface area contributed by atoms with E-state index in [1.807, 2.05) is 31.2 Å². The number of rotatable bonds is 1. The Morgan fingerprint density at radius 3 is 2.69 bits per heavy atom. The summed E-state index contributed by atoms with van der Waals surface area (Å²) >= 11 is 0. The number of benzene rings is 1. The van der Waals surface area contributed by atoms with Gasteiger partial charge in [-0.3, -0.25) is 4.79 Å². The summed E-state index contributed by atoms with van der Waals surface area (Å²) in [4.78, 5) is 11.4. The number of hydrogen-bond acceptors (Lipinski definition) is 2. The summed E-state index contributed by atoms with van der Waals surface area (Å²) in [6.07, 6.45) is 0.806. The minimum atomic E-state index is -0.0881. The number of carbonyl (C=O) groups excluding carboxylic acids is 1. The van der Waals surface area contributed by atoms with Gasteiger partial charge in [-0.2, -0.15) is 0 Å². The Labute approximate surface area is 77.1 Å². The standard InChI is InChI=1S/C10H12N2O/c1-2-7-10(13)12-9-6-4-3-5-8(9)11-7/h3-7,11H,2H2,1H3,(H,12,13). The SMILES string of the molecule is CCC1Nc2ccccc2NC1=O. The van der Waals surface area contributed by atoms with Crippen LogP contribution in [0.5, 0.6) is 0 Å². The highest BCUT2D eigenvalue weighted by molar-refractivity contribution is 6.02. The van der Waals surface area contributed by atoms with Crippen LogP contribution in [-0.2, 0) is 4.79 Å². The molecule has 1 unspecified atom stereocenters. The lowest BCUT2D eigenvalue weighted by Gasteiger charge is -2.25. The van der Waals surface area contributed by atoms with E-state index in [9.17, 15) is 4.79 Å². The van der Waals surface area contributed by atoms with Gasteiger partial charge in [-0.05, 0) is 18.6 Å². The minimum Gasteiger partial charge on any atom is -0.372 e. The van der Waals surface area contributed by atoms with Gasteiger partial charge in [0.05, 0.1) is 11.4 Å². The second kappa shape index (κ2) is 3.09. The maximum Gasteiger partial charge on any atom is 0.246 e. The molecule has 0 radical (unpaired) electrons. The Morgan fingerprint density at radius 2 is 2.00 bits per heavy atom. The lowest BCUT2D eigenvalue weighted by atomic mass is 10.1. The molecule has 13 heavy (non-hydrogen) atoms. The van der Waals surface area contributed by atoms with Crippen molar-refractivity contribution < 1.29 is 4.79 Å². The number of anilines is 2. The predicted octanol–water partition coefficient (Wildman–Crippen LogP) is 1.83. The Morgan fingerprint density at radius 1 is 1.31 bits per heavy atom. The Bertz CT molecular complexity index is 335. The fraction of sp³-hybridized carbons (Fsp3) is 0.300. The highest BCUT2D eigenvalue weighted by Crippen LogP contribution is 2.26. The molecule has 2 rings (SSSR count). The summed E-state index contributed by atoms with van der Waals surface area (Å²) in [7, 11) is 0. The molecule has 1 aromatic rings. The molecule has 1 aromatic carbocycles. The van der Waals surface area contributed by atoms with Gasteiger partial charge in [0, 0.05) is 0 Å². The third kappa shape index (κ3) is 1.37. The van der Waals surface area contributed by atoms with Crippen LogP contribution >= 0.6 is 0 Å². The third-order valence-corrected chi connectivity index (χ3v) is 2.24. The van der Waals surface area contributed by atoms with E-state index in [1.54, 1.807) is 0 Å². The van der Waals surface area contributed by atoms with Gasteiger partial charge in [0.1, 0.15) is 6.04 Å². The van der Waals surface area contributed by atoms with Crippen LogP contribution < -0.4 is 10.6 Å². The molecule has 0 aliphatic carbocycles. The number of carbonyl (C=O) groups is 1. The van der Waals surface area contributed by atoms with Crippen LogP contribution in [0.25, 0.3) is 0 Å². The van der Waals surface area contributed by atoms with Gasteiger partial charge in [0.25, 0.3) is 0 Å². The van der Waals surface area contributed by atoms with Crippen molar-refractivity contribution in [1.82, 2.24) is 0 Å². The second-order valence-electron chi connectivity index (χ2n) is 3.14. The number of fused-ring (bicyclic) bond motifs is 1. The zero-order valence-corrected chi connectivity index (χ0v) is 7.50. The molecule has 0 bridgehead atoms. The molecule has 0 spiro atoms. The lowest BCUT2D eigenvalue weighted by Crippen LogP contribution is -2.38. The van der Waals surface area contributed by atoms with E-state index in [-0.39, 0.29) is 11.9 Å². The van der Waals surface area contributed by atoms with E-state index in [1.165, 1.54) is 0 Å². The summed E-state index contributed by atoms with van der Waals surface area (Å²) in [5, 5.41) is 6.04. The van der Waals surface area contributed by atoms with Gasteiger partial charge < -0.3 is 10.6 Å². The smallest absolute Gasteiger partial charge is 0.246 e. The van der Waals surface area contributed by atoms with Crippen molar-refractivity contribution >= 4 is 17.3 Å². The molecule has 3 nitrogen and oxygen atoms in total. The number of hydrogen-bond donors (Lipinski definition) is 2. The fourth-order valence-electron chi connectivity index (χ4n) is 1.48. The van der Waals surface area contributed by atoms with Crippen LogP contribution in [0.15, 0.2) is 24.3 Å². The van der Waals surface area contributed by atoms with Gasteiger partial charge in [0.2, 0.25) is 5.91 Å². The summed E-state index contributed by atoms with van der Waals surface area (Å²) in [5.41, 5.74) is 1.88. The average molecular weight is 176 g/mol. The second-order valence-corrected chi connectivity index (χ2v) is 3.14. The summed E-state index contributed by atoms with van der Waals surface area (Å²) < 4.78 is 0. The van der Waals surface area contributed by atoms with Crippen LogP contribution in [-0.4, -0.2) is 11.9 Å². The average Bonchev–Trinajstić information content (AvgIpc) is 2.17. The molecule has 0 saturated heterocycles. The first kappa shape index (κ1) is 8.10. The minimum absolute atomic E-state index is 0.0567. The van der Waals surface area contributed by atoms with Crippen molar-refractivity contribution in [2.24, 2.45) is 0 Å². The molecule has 1 amide bonds. The first-order chi connectivity index (χ1) is 6.31. The lowest BCUT2D eigenvalue weighted by molar-refractivity contribution is -0.117. The molecular weight excluding hydrogens is 164 g/mol. The van der Waals surface area contributed by atoms with Crippen LogP contribution in [0.3, 0.4) is 0 Å². The van der Waals surface area contributed by atoms with Crippen molar-refractivity contribution in [3.05, 3.63) is 24.3 Å². The zero-order valence-electron chi connectivity index (χ0n) is 7.50. The molecule has 3 heteroatoms. The fourth-order valence-corrected chi connectivity index (χ4v) is 1.48. The zero-order chi connectivity index (χ0) is 9.26. The van der Waals surface area contributed by atoms with Gasteiger partial charge in [-0.1, -0.05) is 19.1 Å². The molecule has 1 heterocycles. The van der Waals surface area contributed by atoms with Gasteiger partial charge in [0.15, 0.2) is 0 Å². The molecule has 0 saturated carbocycles. The van der Waals surface area contributed by atoms with Crippen LogP contribution in [0, 0.1) is 0 Å². The van der Waals surface area contributed by atoms with Gasteiger partial charge in [-0.25, -0.2) is 0 Å². The Hall–Kier alpha value is -1.51. The molecular formula is C10H12N2O. The summed E-state index contributed by atoms with van der Waals surface area (Å²) in [6, 6.07) is 7.64. The highest BCUT2D eigenvalue weighted by Gasteiger charge is 2.22. The normalized spacial score (nSPS) is 20.1. The monoisotopic (exact) mass is 176 g/mol. The van der Waals surface area contributed by atoms with Crippen molar-refractivity contribution in [3.63, 3.8) is 0 Å². The van der Waals surface area contributed by atoms with E-state index < -0.39 is 0 Å². The van der Waals surface area contributed by atoms with E-state index in [0.717, 1.165) is 17.8 Å². The largest absolute Gasteiger partial charge is 0.372 e. The molecule has 2 N–H and O–H groups in total. The highest BCUT2D eigenvalue weighted by atomic mass is 16.2. The summed E-state index contributed by atoms with van der Waals surface area (Å²) in [5.74, 6) is 0.0567. The molecule has 0 aromatic heterocycles. The van der Waals surface area contributed by atoms with Crippen LogP contribution in [0.2, 0.25) is 0 Å². The molecule has 1 aliphatic rings. The van der Waals surface area contributed by atoms with Crippen molar-refractivity contribution in [2.75, 3.05) is 10.6 Å². The first-order valence-electron chi connectivity index (χ1n) is 4.47. The molecule has 0 fully saturated rings. The number of amides is 1. The number of para-hydroxylation sites is 2. The Kier molecular flexibility index (Phi) is 1.93. The maximum atomic E-state index is 11.4. The Balaban J connectivity index is 2.33. The maximum absolute atomic E-state index is 11.4. The molecule has 1 aliphatic heterocycles. The predicted molar refractivity (Wildman–Crippen MR) is 52.8 cm³/mol. The van der Waals surface area contributed by atoms with E-state index in [2.05, 4.69) is 10.6 Å². The van der Waals surface area contributed by atoms with Gasteiger partial charge in [-0.15, -0.1) is 0 Å².